The Kier molecular flexibility index (Phi) is 4.96. The highest BCUT2D eigenvalue weighted by atomic mass is 32.1. The van der Waals surface area contributed by atoms with Crippen molar-refractivity contribution >= 4 is 11.3 Å². The lowest BCUT2D eigenvalue weighted by atomic mass is 9.94. The molecule has 24 heavy (non-hydrogen) atoms. The van der Waals surface area contributed by atoms with Crippen LogP contribution in [0.15, 0.2) is 12.4 Å². The molecule has 4 nitrogen and oxygen atoms in total. The topological polar surface area (TPSA) is 42.7 Å². The van der Waals surface area contributed by atoms with Crippen LogP contribution in [0, 0.1) is 0 Å². The number of thiazole rings is 1. The predicted octanol–water partition coefficient (Wildman–Crippen LogP) is 4.19. The summed E-state index contributed by atoms with van der Waals surface area (Å²) in [6, 6.07) is 0.00725. The molecule has 0 bridgehead atoms. The molecular formula is C16H21F3N4S. The fourth-order valence-corrected chi connectivity index (χ4v) is 3.83. The Labute approximate surface area is 143 Å². The van der Waals surface area contributed by atoms with Crippen molar-refractivity contribution in [1.29, 1.82) is 0 Å². The summed E-state index contributed by atoms with van der Waals surface area (Å²) in [4.78, 5) is 5.54. The molecule has 1 aliphatic carbocycles. The normalized spacial score (nSPS) is 18.2. The van der Waals surface area contributed by atoms with Gasteiger partial charge in [-0.25, -0.2) is 4.98 Å². The quantitative estimate of drug-likeness (QED) is 0.871. The molecule has 0 amide bonds. The summed E-state index contributed by atoms with van der Waals surface area (Å²) >= 11 is 1.68. The van der Waals surface area contributed by atoms with Crippen LogP contribution in [-0.2, 0) is 19.5 Å². The Bertz CT molecular complexity index is 690. The molecule has 0 aliphatic heterocycles. The van der Waals surface area contributed by atoms with Crippen LogP contribution < -0.4 is 5.32 Å². The molecule has 2 aromatic rings. The van der Waals surface area contributed by atoms with Gasteiger partial charge in [0.25, 0.3) is 0 Å². The first-order chi connectivity index (χ1) is 11.3. The second-order valence-electron chi connectivity index (χ2n) is 6.50. The smallest absolute Gasteiger partial charge is 0.304 e. The summed E-state index contributed by atoms with van der Waals surface area (Å²) in [7, 11) is 0. The van der Waals surface area contributed by atoms with Crippen molar-refractivity contribution in [2.24, 2.45) is 0 Å². The van der Waals surface area contributed by atoms with Crippen molar-refractivity contribution in [2.75, 3.05) is 0 Å². The summed E-state index contributed by atoms with van der Waals surface area (Å²) in [5.41, 5.74) is 1.69. The first kappa shape index (κ1) is 17.4. The van der Waals surface area contributed by atoms with Crippen molar-refractivity contribution in [2.45, 2.75) is 64.3 Å². The minimum absolute atomic E-state index is 0.00725. The second kappa shape index (κ2) is 6.84. The highest BCUT2D eigenvalue weighted by molar-refractivity contribution is 7.11. The van der Waals surface area contributed by atoms with Gasteiger partial charge in [-0.05, 0) is 24.8 Å². The van der Waals surface area contributed by atoms with E-state index in [1.807, 2.05) is 6.20 Å². The number of aromatic nitrogens is 3. The van der Waals surface area contributed by atoms with Crippen LogP contribution in [0.5, 0.6) is 0 Å². The van der Waals surface area contributed by atoms with E-state index in [9.17, 15) is 13.2 Å². The Morgan fingerprint density at radius 1 is 1.42 bits per heavy atom. The lowest BCUT2D eigenvalue weighted by Crippen LogP contribution is -2.25. The van der Waals surface area contributed by atoms with Crippen molar-refractivity contribution in [3.05, 3.63) is 33.5 Å². The van der Waals surface area contributed by atoms with Crippen molar-refractivity contribution in [3.8, 4) is 0 Å². The molecule has 0 saturated carbocycles. The number of nitrogens with zero attached hydrogens (tertiary/aromatic N) is 3. The molecule has 0 spiro atoms. The molecule has 3 rings (SSSR count). The van der Waals surface area contributed by atoms with Gasteiger partial charge in [0.1, 0.15) is 6.54 Å². The monoisotopic (exact) mass is 358 g/mol. The maximum Gasteiger partial charge on any atom is 0.408 e. The maximum absolute atomic E-state index is 12.6. The SMILES string of the molecule is CC(C)c1ncc(CNC2CCCc3cn(CC(F)(F)F)nc32)s1. The second-order valence-corrected chi connectivity index (χ2v) is 7.64. The first-order valence-electron chi connectivity index (χ1n) is 8.13. The Morgan fingerprint density at radius 2 is 2.21 bits per heavy atom. The van der Waals surface area contributed by atoms with Gasteiger partial charge in [-0.2, -0.15) is 18.3 Å². The summed E-state index contributed by atoms with van der Waals surface area (Å²) in [6.45, 7) is 3.85. The lowest BCUT2D eigenvalue weighted by Gasteiger charge is -2.22. The van der Waals surface area contributed by atoms with Gasteiger partial charge in [0.2, 0.25) is 0 Å². The number of hydrogen-bond acceptors (Lipinski definition) is 4. The zero-order valence-corrected chi connectivity index (χ0v) is 14.5. The number of nitrogens with one attached hydrogen (secondary N) is 1. The Morgan fingerprint density at radius 3 is 2.88 bits per heavy atom. The van der Waals surface area contributed by atoms with E-state index in [0.29, 0.717) is 12.5 Å². The minimum atomic E-state index is -4.24. The standard InChI is InChI=1S/C16H21F3N4S/c1-10(2)15-21-7-12(24-15)6-20-13-5-3-4-11-8-23(22-14(11)13)9-16(17,18)19/h7-8,10,13,20H,3-6,9H2,1-2H3. The molecule has 0 aromatic carbocycles. The zero-order chi connectivity index (χ0) is 17.3. The molecule has 1 unspecified atom stereocenters. The van der Waals surface area contributed by atoms with E-state index in [2.05, 4.69) is 29.2 Å². The number of aryl methyl sites for hydroxylation is 1. The molecule has 2 aromatic heterocycles. The number of hydrogen-bond donors (Lipinski definition) is 1. The fourth-order valence-electron chi connectivity index (χ4n) is 2.96. The molecule has 2 heterocycles. The van der Waals surface area contributed by atoms with E-state index in [-0.39, 0.29) is 6.04 Å². The van der Waals surface area contributed by atoms with Crippen LogP contribution in [0.2, 0.25) is 0 Å². The number of fused-ring (bicyclic) bond motifs is 1. The van der Waals surface area contributed by atoms with E-state index in [4.69, 9.17) is 0 Å². The summed E-state index contributed by atoms with van der Waals surface area (Å²) in [5.74, 6) is 0.406. The minimum Gasteiger partial charge on any atom is -0.304 e. The van der Waals surface area contributed by atoms with Crippen LogP contribution in [-0.4, -0.2) is 20.9 Å². The zero-order valence-electron chi connectivity index (χ0n) is 13.7. The predicted molar refractivity (Wildman–Crippen MR) is 87.0 cm³/mol. The highest BCUT2D eigenvalue weighted by Gasteiger charge is 2.30. The van der Waals surface area contributed by atoms with E-state index < -0.39 is 12.7 Å². The molecule has 1 atom stereocenters. The van der Waals surface area contributed by atoms with Crippen LogP contribution in [0.1, 0.15) is 59.8 Å². The van der Waals surface area contributed by atoms with Gasteiger partial charge >= 0.3 is 6.18 Å². The van der Waals surface area contributed by atoms with E-state index in [1.165, 1.54) is 0 Å². The molecule has 0 saturated heterocycles. The lowest BCUT2D eigenvalue weighted by molar-refractivity contribution is -0.142. The summed E-state index contributed by atoms with van der Waals surface area (Å²) < 4.78 is 38.7. The maximum atomic E-state index is 12.6. The van der Waals surface area contributed by atoms with Crippen molar-refractivity contribution < 1.29 is 13.2 Å². The van der Waals surface area contributed by atoms with Gasteiger partial charge < -0.3 is 5.32 Å². The molecule has 8 heteroatoms. The molecular weight excluding hydrogens is 337 g/mol. The summed E-state index contributed by atoms with van der Waals surface area (Å²) in [6.07, 6.45) is 1.82. The van der Waals surface area contributed by atoms with Crippen LogP contribution in [0.3, 0.4) is 0 Å². The third-order valence-electron chi connectivity index (χ3n) is 4.07. The first-order valence-corrected chi connectivity index (χ1v) is 8.94. The van der Waals surface area contributed by atoms with Crippen molar-refractivity contribution in [1.82, 2.24) is 20.1 Å². The molecule has 132 valence electrons. The van der Waals surface area contributed by atoms with Gasteiger partial charge in [-0.3, -0.25) is 4.68 Å². The van der Waals surface area contributed by atoms with Gasteiger partial charge in [-0.1, -0.05) is 13.8 Å². The Hall–Kier alpha value is -1.41. The van der Waals surface area contributed by atoms with E-state index >= 15 is 0 Å². The van der Waals surface area contributed by atoms with E-state index in [0.717, 1.165) is 45.1 Å². The average molecular weight is 358 g/mol. The fraction of sp³-hybridized carbons (Fsp3) is 0.625. The third kappa shape index (κ3) is 4.16. The van der Waals surface area contributed by atoms with Crippen LogP contribution in [0.4, 0.5) is 13.2 Å². The van der Waals surface area contributed by atoms with Gasteiger partial charge in [0.05, 0.1) is 16.7 Å². The van der Waals surface area contributed by atoms with Gasteiger partial charge in [0.15, 0.2) is 0 Å². The van der Waals surface area contributed by atoms with Crippen LogP contribution >= 0.6 is 11.3 Å². The molecule has 1 aliphatic rings. The Balaban J connectivity index is 1.67. The number of halogens is 3. The largest absolute Gasteiger partial charge is 0.408 e. The third-order valence-corrected chi connectivity index (χ3v) is 5.37. The summed E-state index contributed by atoms with van der Waals surface area (Å²) in [5, 5.41) is 8.72. The molecule has 0 radical (unpaired) electrons. The van der Waals surface area contributed by atoms with Gasteiger partial charge in [0, 0.05) is 29.7 Å². The number of alkyl halides is 3. The van der Waals surface area contributed by atoms with E-state index in [1.54, 1.807) is 17.5 Å². The molecule has 1 N–H and O–H groups in total. The highest BCUT2D eigenvalue weighted by Crippen LogP contribution is 2.30. The average Bonchev–Trinajstić information content (AvgIpc) is 3.09. The number of rotatable bonds is 5. The van der Waals surface area contributed by atoms with Crippen LogP contribution in [0.25, 0.3) is 0 Å². The van der Waals surface area contributed by atoms with Gasteiger partial charge in [-0.15, -0.1) is 11.3 Å². The molecule has 0 fully saturated rings. The van der Waals surface area contributed by atoms with Crippen molar-refractivity contribution in [3.63, 3.8) is 0 Å².